The van der Waals surface area contributed by atoms with Gasteiger partial charge in [-0.1, -0.05) is 325 Å². The van der Waals surface area contributed by atoms with Gasteiger partial charge in [-0.25, -0.2) is 0 Å². The van der Waals surface area contributed by atoms with Crippen LogP contribution in [-0.4, -0.2) is 34.9 Å². The molecule has 2 unspecified atom stereocenters. The fourth-order valence-electron chi connectivity index (χ4n) is 9.63. The molecule has 404 valence electrons. The number of hydrogen-bond acceptors (Lipinski definition) is 3. The highest BCUT2D eigenvalue weighted by atomic mass is 16.3. The van der Waals surface area contributed by atoms with Gasteiger partial charge in [-0.15, -0.1) is 0 Å². The molecule has 0 saturated heterocycles. The Labute approximate surface area is 432 Å². The van der Waals surface area contributed by atoms with Crippen molar-refractivity contribution < 1.29 is 15.0 Å². The first-order valence-electron chi connectivity index (χ1n) is 31.0. The van der Waals surface area contributed by atoms with Gasteiger partial charge in [0, 0.05) is 6.42 Å². The predicted molar refractivity (Wildman–Crippen MR) is 308 cm³/mol. The van der Waals surface area contributed by atoms with Crippen molar-refractivity contribution in [2.24, 2.45) is 0 Å². The van der Waals surface area contributed by atoms with Gasteiger partial charge in [-0.3, -0.25) is 4.79 Å². The summed E-state index contributed by atoms with van der Waals surface area (Å²) >= 11 is 0. The molecule has 0 rings (SSSR count). The third kappa shape index (κ3) is 56.9. The Morgan fingerprint density at radius 3 is 0.957 bits per heavy atom. The summed E-state index contributed by atoms with van der Waals surface area (Å²) in [4.78, 5) is 12.5. The molecule has 0 aromatic carbocycles. The number of nitrogens with one attached hydrogen (secondary N) is 1. The molecule has 0 bridgehead atoms. The van der Waals surface area contributed by atoms with E-state index in [1.807, 2.05) is 0 Å². The third-order valence-electron chi connectivity index (χ3n) is 14.3. The highest BCUT2D eigenvalue weighted by Gasteiger charge is 2.20. The van der Waals surface area contributed by atoms with Gasteiger partial charge in [0.15, 0.2) is 0 Å². The Kier molecular flexibility index (Phi) is 58.7. The van der Waals surface area contributed by atoms with Crippen LogP contribution >= 0.6 is 0 Å². The van der Waals surface area contributed by atoms with Gasteiger partial charge < -0.3 is 15.5 Å². The summed E-state index contributed by atoms with van der Waals surface area (Å²) in [7, 11) is 0. The first-order chi connectivity index (χ1) is 34.2. The van der Waals surface area contributed by atoms with Gasteiger partial charge >= 0.3 is 0 Å². The van der Waals surface area contributed by atoms with E-state index in [2.05, 4.69) is 79.9 Å². The van der Waals surface area contributed by atoms with Crippen LogP contribution in [0.5, 0.6) is 0 Å². The number of hydrogen-bond donors (Lipinski definition) is 3. The molecule has 0 heterocycles. The van der Waals surface area contributed by atoms with Crippen molar-refractivity contribution in [1.29, 1.82) is 0 Å². The van der Waals surface area contributed by atoms with E-state index < -0.39 is 12.1 Å². The van der Waals surface area contributed by atoms with Gasteiger partial charge in [0.1, 0.15) is 0 Å². The maximum Gasteiger partial charge on any atom is 0.220 e. The summed E-state index contributed by atoms with van der Waals surface area (Å²) in [5, 5.41) is 23.4. The van der Waals surface area contributed by atoms with Crippen molar-refractivity contribution in [3.05, 3.63) is 60.8 Å². The highest BCUT2D eigenvalue weighted by Crippen LogP contribution is 2.18. The zero-order valence-electron chi connectivity index (χ0n) is 46.6. The first-order valence-corrected chi connectivity index (χ1v) is 31.0. The van der Waals surface area contributed by atoms with Crippen molar-refractivity contribution in [3.8, 4) is 0 Å². The van der Waals surface area contributed by atoms with E-state index in [1.54, 1.807) is 0 Å². The summed E-state index contributed by atoms with van der Waals surface area (Å²) in [6.45, 7) is 4.28. The minimum atomic E-state index is -0.662. The number of unbranched alkanes of at least 4 members (excludes halogenated alkanes) is 40. The maximum atomic E-state index is 12.5. The zero-order chi connectivity index (χ0) is 49.9. The highest BCUT2D eigenvalue weighted by molar-refractivity contribution is 5.76. The number of carbonyl (C=O) groups excluding carboxylic acids is 1. The summed E-state index contributed by atoms with van der Waals surface area (Å²) in [5.74, 6) is -0.0283. The van der Waals surface area contributed by atoms with Crippen molar-refractivity contribution >= 4 is 5.91 Å². The summed E-state index contributed by atoms with van der Waals surface area (Å²) in [6.07, 6.45) is 85.2. The molecule has 2 atom stereocenters. The number of aliphatic hydroxyl groups is 2. The van der Waals surface area contributed by atoms with Crippen LogP contribution in [0.25, 0.3) is 0 Å². The molecule has 3 N–H and O–H groups in total. The fraction of sp³-hybridized carbons (Fsp3) is 0.831. The van der Waals surface area contributed by atoms with E-state index in [1.165, 1.54) is 244 Å². The standard InChI is InChI=1S/C65H121NO3/c1-3-5-7-9-11-13-15-17-19-21-23-25-27-29-31-32-33-34-35-37-39-41-43-45-47-49-51-53-55-57-59-61-65(69)66-63(62-67)64(68)60-58-56-54-52-50-48-46-44-42-40-38-36-30-28-26-24-22-20-18-16-14-12-10-8-6-4-2/h5,7,11,13,17,19,23,25,29,31,63-64,67-68H,3-4,6,8-10,12,14-16,18,20-22,24,26-28,30,32-62H2,1-2H3,(H,66,69)/b7-5-,13-11-,19-17-,25-23-,31-29-. The van der Waals surface area contributed by atoms with Gasteiger partial charge in [-0.2, -0.15) is 0 Å². The van der Waals surface area contributed by atoms with Crippen LogP contribution in [0.3, 0.4) is 0 Å². The van der Waals surface area contributed by atoms with E-state index in [0.717, 1.165) is 57.8 Å². The largest absolute Gasteiger partial charge is 0.394 e. The lowest BCUT2D eigenvalue weighted by Crippen LogP contribution is -2.45. The minimum absolute atomic E-state index is 0.0283. The molecule has 0 aliphatic carbocycles. The molecule has 69 heavy (non-hydrogen) atoms. The number of amides is 1. The molecule has 0 saturated carbocycles. The van der Waals surface area contributed by atoms with Crippen molar-refractivity contribution in [2.45, 2.75) is 341 Å². The number of allylic oxidation sites excluding steroid dienone is 10. The lowest BCUT2D eigenvalue weighted by atomic mass is 10.0. The molecule has 0 aliphatic rings. The normalized spacial score (nSPS) is 13.2. The van der Waals surface area contributed by atoms with Crippen LogP contribution in [-0.2, 0) is 4.79 Å². The fourth-order valence-corrected chi connectivity index (χ4v) is 9.63. The lowest BCUT2D eigenvalue weighted by Gasteiger charge is -2.22. The second-order valence-corrected chi connectivity index (χ2v) is 21.1. The molecular weight excluding hydrogens is 843 g/mol. The molecule has 0 aromatic heterocycles. The summed E-state index contributed by atoms with van der Waals surface area (Å²) < 4.78 is 0. The van der Waals surface area contributed by atoms with Crippen LogP contribution in [0.15, 0.2) is 60.8 Å². The molecule has 4 heteroatoms. The molecule has 0 spiro atoms. The average Bonchev–Trinajstić information content (AvgIpc) is 3.35. The molecule has 0 fully saturated rings. The van der Waals surface area contributed by atoms with Crippen LogP contribution in [0.1, 0.15) is 328 Å². The van der Waals surface area contributed by atoms with Crippen molar-refractivity contribution in [3.63, 3.8) is 0 Å². The van der Waals surface area contributed by atoms with Crippen LogP contribution in [0.4, 0.5) is 0 Å². The average molecular weight is 965 g/mol. The van der Waals surface area contributed by atoms with E-state index in [9.17, 15) is 15.0 Å². The molecule has 0 aromatic rings. The van der Waals surface area contributed by atoms with Crippen LogP contribution in [0.2, 0.25) is 0 Å². The Hall–Kier alpha value is -1.91. The molecule has 0 aliphatic heterocycles. The van der Waals surface area contributed by atoms with Gasteiger partial charge in [0.05, 0.1) is 18.8 Å². The van der Waals surface area contributed by atoms with Crippen molar-refractivity contribution in [2.75, 3.05) is 6.61 Å². The number of rotatable bonds is 57. The topological polar surface area (TPSA) is 69.6 Å². The maximum absolute atomic E-state index is 12.5. The van der Waals surface area contributed by atoms with E-state index in [4.69, 9.17) is 0 Å². The number of aliphatic hydroxyl groups excluding tert-OH is 2. The molecular formula is C65H121NO3. The van der Waals surface area contributed by atoms with E-state index in [0.29, 0.717) is 12.8 Å². The molecule has 0 radical (unpaired) electrons. The SMILES string of the molecule is CC/C=C\C/C=C\C/C=C\C/C=C\C/C=C\CCCCCCCCCCCCCCCCCC(=O)NC(CO)C(O)CCCCCCCCCCCCCCCCCCCCCCCCCCCC. The smallest absolute Gasteiger partial charge is 0.220 e. The molecule has 4 nitrogen and oxygen atoms in total. The van der Waals surface area contributed by atoms with E-state index >= 15 is 0 Å². The Balaban J connectivity index is 3.44. The second kappa shape index (κ2) is 60.4. The van der Waals surface area contributed by atoms with E-state index in [-0.39, 0.29) is 12.5 Å². The molecule has 1 amide bonds. The third-order valence-corrected chi connectivity index (χ3v) is 14.3. The van der Waals surface area contributed by atoms with Gasteiger partial charge in [0.2, 0.25) is 5.91 Å². The van der Waals surface area contributed by atoms with Crippen molar-refractivity contribution in [1.82, 2.24) is 5.32 Å². The first kappa shape index (κ1) is 67.1. The monoisotopic (exact) mass is 964 g/mol. The Bertz CT molecular complexity index is 1140. The summed E-state index contributed by atoms with van der Waals surface area (Å²) in [6, 6.07) is -0.539. The Morgan fingerprint density at radius 2 is 0.638 bits per heavy atom. The number of carbonyl (C=O) groups is 1. The van der Waals surface area contributed by atoms with Gasteiger partial charge in [-0.05, 0) is 57.8 Å². The quantitative estimate of drug-likeness (QED) is 0.0420. The van der Waals surface area contributed by atoms with Crippen LogP contribution < -0.4 is 5.32 Å². The minimum Gasteiger partial charge on any atom is -0.394 e. The van der Waals surface area contributed by atoms with Crippen LogP contribution in [0, 0.1) is 0 Å². The lowest BCUT2D eigenvalue weighted by molar-refractivity contribution is -0.123. The second-order valence-electron chi connectivity index (χ2n) is 21.1. The van der Waals surface area contributed by atoms with Gasteiger partial charge in [0.25, 0.3) is 0 Å². The summed E-state index contributed by atoms with van der Waals surface area (Å²) in [5.41, 5.74) is 0. The predicted octanol–water partition coefficient (Wildman–Crippen LogP) is 20.8. The zero-order valence-corrected chi connectivity index (χ0v) is 46.6. The Morgan fingerprint density at radius 1 is 0.362 bits per heavy atom.